The SMILES string of the molecule is c1ccc2c(c1)B(c1ccccc1-n1c3ccccc3c3ccccc31)n1c3c-2cccc3n2c3ccccc3nc12. The molecule has 1 aliphatic heterocycles. The molecule has 3 aromatic heterocycles. The van der Waals surface area contributed by atoms with Gasteiger partial charge in [0.15, 0.2) is 0 Å². The van der Waals surface area contributed by atoms with Crippen molar-refractivity contribution in [1.82, 2.24) is 18.4 Å². The number of nitrogens with zero attached hydrogens (tertiary/aromatic N) is 4. The normalized spacial score (nSPS) is 12.7. The van der Waals surface area contributed by atoms with Gasteiger partial charge in [0.2, 0.25) is 5.78 Å². The second kappa shape index (κ2) is 8.02. The van der Waals surface area contributed by atoms with E-state index in [0.29, 0.717) is 0 Å². The average Bonchev–Trinajstić information content (AvgIpc) is 3.70. The Bertz CT molecular complexity index is 2490. The summed E-state index contributed by atoms with van der Waals surface area (Å²) in [7, 11) is 0. The molecule has 0 saturated carbocycles. The van der Waals surface area contributed by atoms with Gasteiger partial charge >= 0.3 is 6.85 Å². The summed E-state index contributed by atoms with van der Waals surface area (Å²) in [4.78, 5) is 5.26. The van der Waals surface area contributed by atoms with Crippen LogP contribution in [0.15, 0.2) is 140 Å². The lowest BCUT2D eigenvalue weighted by Crippen LogP contribution is -2.52. The third-order valence-corrected chi connectivity index (χ3v) is 9.11. The van der Waals surface area contributed by atoms with E-state index >= 15 is 0 Å². The van der Waals surface area contributed by atoms with Gasteiger partial charge in [-0.1, -0.05) is 103 Å². The third-order valence-electron chi connectivity index (χ3n) is 9.11. The molecule has 0 radical (unpaired) electrons. The summed E-state index contributed by atoms with van der Waals surface area (Å²) in [5.74, 6) is 0.968. The molecular weight excluding hydrogens is 511 g/mol. The van der Waals surface area contributed by atoms with Crippen LogP contribution in [0.2, 0.25) is 0 Å². The zero-order chi connectivity index (χ0) is 27.4. The highest BCUT2D eigenvalue weighted by Gasteiger charge is 2.37. The Labute approximate surface area is 241 Å². The van der Waals surface area contributed by atoms with Crippen LogP contribution >= 0.6 is 0 Å². The first-order chi connectivity index (χ1) is 20.9. The number of fused-ring (bicyclic) bond motifs is 10. The zero-order valence-corrected chi connectivity index (χ0v) is 22.6. The molecule has 4 nitrogen and oxygen atoms in total. The summed E-state index contributed by atoms with van der Waals surface area (Å²) in [6, 6.07) is 50.5. The first-order valence-electron chi connectivity index (χ1n) is 14.5. The van der Waals surface area contributed by atoms with Gasteiger partial charge in [-0.3, -0.25) is 4.40 Å². The molecule has 0 saturated heterocycles. The number of benzene rings is 6. The van der Waals surface area contributed by atoms with E-state index in [0.717, 1.165) is 16.8 Å². The van der Waals surface area contributed by atoms with E-state index in [9.17, 15) is 0 Å². The fraction of sp³-hybridized carbons (Fsp3) is 0. The molecule has 4 heterocycles. The minimum Gasteiger partial charge on any atom is -0.345 e. The number of para-hydroxylation sites is 6. The van der Waals surface area contributed by atoms with Gasteiger partial charge in [0.05, 0.1) is 33.1 Å². The highest BCUT2D eigenvalue weighted by Crippen LogP contribution is 2.37. The van der Waals surface area contributed by atoms with Crippen LogP contribution in [0.1, 0.15) is 0 Å². The predicted octanol–water partition coefficient (Wildman–Crippen LogP) is 7.17. The van der Waals surface area contributed by atoms with Crippen LogP contribution in [-0.4, -0.2) is 25.3 Å². The first-order valence-corrected chi connectivity index (χ1v) is 14.5. The highest BCUT2D eigenvalue weighted by molar-refractivity contribution is 6.87. The van der Waals surface area contributed by atoms with Gasteiger partial charge in [0.25, 0.3) is 0 Å². The smallest absolute Gasteiger partial charge is 0.334 e. The van der Waals surface area contributed by atoms with Crippen LogP contribution in [0.25, 0.3) is 66.5 Å². The average molecular weight is 534 g/mol. The van der Waals surface area contributed by atoms with E-state index in [1.807, 2.05) is 0 Å². The summed E-state index contributed by atoms with van der Waals surface area (Å²) in [5, 5.41) is 2.53. The third kappa shape index (κ3) is 2.70. The maximum Gasteiger partial charge on any atom is 0.334 e. The Morgan fingerprint density at radius 3 is 1.88 bits per heavy atom. The molecule has 0 bridgehead atoms. The van der Waals surface area contributed by atoms with Crippen molar-refractivity contribution in [2.24, 2.45) is 0 Å². The van der Waals surface area contributed by atoms with Crippen molar-refractivity contribution < 1.29 is 0 Å². The molecule has 194 valence electrons. The van der Waals surface area contributed by atoms with Crippen molar-refractivity contribution in [3.05, 3.63) is 140 Å². The van der Waals surface area contributed by atoms with Crippen molar-refractivity contribution in [1.29, 1.82) is 0 Å². The second-order valence-electron chi connectivity index (χ2n) is 11.2. The molecule has 0 amide bonds. The predicted molar refractivity (Wildman–Crippen MR) is 175 cm³/mol. The summed E-state index contributed by atoms with van der Waals surface area (Å²) >= 11 is 0. The molecule has 1 aliphatic rings. The van der Waals surface area contributed by atoms with E-state index < -0.39 is 0 Å². The van der Waals surface area contributed by atoms with Gasteiger partial charge < -0.3 is 9.05 Å². The topological polar surface area (TPSA) is 27.2 Å². The molecular formula is C37H23BN4. The zero-order valence-electron chi connectivity index (χ0n) is 22.6. The van der Waals surface area contributed by atoms with Gasteiger partial charge in [-0.2, -0.15) is 0 Å². The summed E-state index contributed by atoms with van der Waals surface area (Å²) in [6.07, 6.45) is 0. The van der Waals surface area contributed by atoms with Gasteiger partial charge in [-0.25, -0.2) is 4.98 Å². The van der Waals surface area contributed by atoms with E-state index in [1.54, 1.807) is 0 Å². The van der Waals surface area contributed by atoms with Gasteiger partial charge in [-0.05, 0) is 52.9 Å². The molecule has 0 fully saturated rings. The van der Waals surface area contributed by atoms with Crippen molar-refractivity contribution in [2.75, 3.05) is 0 Å². The molecule has 42 heavy (non-hydrogen) atoms. The van der Waals surface area contributed by atoms with Crippen LogP contribution in [-0.2, 0) is 0 Å². The molecule has 5 heteroatoms. The number of rotatable bonds is 2. The van der Waals surface area contributed by atoms with E-state index in [2.05, 4.69) is 153 Å². The molecule has 0 N–H and O–H groups in total. The lowest BCUT2D eigenvalue weighted by atomic mass is 9.47. The first kappa shape index (κ1) is 22.2. The highest BCUT2D eigenvalue weighted by atomic mass is 15.2. The fourth-order valence-electron chi connectivity index (χ4n) is 7.47. The molecule has 0 spiro atoms. The maximum atomic E-state index is 5.26. The molecule has 9 aromatic rings. The van der Waals surface area contributed by atoms with Gasteiger partial charge in [0.1, 0.15) is 0 Å². The Hall–Kier alpha value is -5.55. The van der Waals surface area contributed by atoms with Crippen LogP contribution in [0, 0.1) is 0 Å². The Balaban J connectivity index is 1.38. The molecule has 0 unspecified atom stereocenters. The van der Waals surface area contributed by atoms with E-state index in [4.69, 9.17) is 4.98 Å². The van der Waals surface area contributed by atoms with Gasteiger partial charge in [-0.15, -0.1) is 0 Å². The van der Waals surface area contributed by atoms with Crippen LogP contribution in [0.3, 0.4) is 0 Å². The minimum atomic E-state index is -0.0657. The number of aromatic nitrogens is 4. The summed E-state index contributed by atoms with van der Waals surface area (Å²) in [6.45, 7) is -0.0657. The van der Waals surface area contributed by atoms with Crippen molar-refractivity contribution >= 4 is 67.4 Å². The molecule has 0 atom stereocenters. The molecule has 0 aliphatic carbocycles. The molecule has 6 aromatic carbocycles. The quantitative estimate of drug-likeness (QED) is 0.216. The number of hydrogen-bond donors (Lipinski definition) is 0. The Kier molecular flexibility index (Phi) is 4.23. The second-order valence-corrected chi connectivity index (χ2v) is 11.2. The van der Waals surface area contributed by atoms with Crippen molar-refractivity contribution in [3.8, 4) is 16.8 Å². The minimum absolute atomic E-state index is 0.0657. The van der Waals surface area contributed by atoms with Gasteiger partial charge in [0, 0.05) is 22.0 Å². The van der Waals surface area contributed by atoms with Crippen LogP contribution in [0.4, 0.5) is 0 Å². The maximum absolute atomic E-state index is 5.26. The standard InChI is InChI=1S/C37H23BN4/c1-4-16-28-24(12-1)27-15-11-23-35-36(27)42(37-39-30-18-6-10-22-34(30)41(35)37)38(28)29-17-5-9-21-33(29)40-31-19-7-2-13-25(31)26-14-3-8-20-32(26)40/h1-23H. The Morgan fingerprint density at radius 1 is 0.476 bits per heavy atom. The lowest BCUT2D eigenvalue weighted by molar-refractivity contribution is 1.17. The summed E-state index contributed by atoms with van der Waals surface area (Å²) in [5.41, 5.74) is 13.2. The van der Waals surface area contributed by atoms with Crippen molar-refractivity contribution in [2.45, 2.75) is 0 Å². The number of imidazole rings is 2. The van der Waals surface area contributed by atoms with E-state index in [-0.39, 0.29) is 6.85 Å². The van der Waals surface area contributed by atoms with E-state index in [1.165, 1.54) is 60.6 Å². The Morgan fingerprint density at radius 2 is 1.07 bits per heavy atom. The van der Waals surface area contributed by atoms with Crippen LogP contribution < -0.4 is 10.9 Å². The largest absolute Gasteiger partial charge is 0.345 e. The molecule has 10 rings (SSSR count). The van der Waals surface area contributed by atoms with Crippen LogP contribution in [0.5, 0.6) is 0 Å². The monoisotopic (exact) mass is 534 g/mol. The lowest BCUT2D eigenvalue weighted by Gasteiger charge is -2.28. The summed E-state index contributed by atoms with van der Waals surface area (Å²) < 4.78 is 7.28. The van der Waals surface area contributed by atoms with Crippen molar-refractivity contribution in [3.63, 3.8) is 0 Å². The fourth-order valence-corrected chi connectivity index (χ4v) is 7.47. The number of hydrogen-bond acceptors (Lipinski definition) is 1.